The SMILES string of the molecule is NC(=O)Cn1c2cc(Cl)ccc2c2ccc(Cl)cc21. The lowest BCUT2D eigenvalue weighted by atomic mass is 10.1. The van der Waals surface area contributed by atoms with Crippen molar-refractivity contribution in [3.63, 3.8) is 0 Å². The Balaban J connectivity index is 2.46. The second kappa shape index (κ2) is 4.44. The van der Waals surface area contributed by atoms with Crippen LogP contribution >= 0.6 is 23.2 Å². The molecule has 1 amide bonds. The number of halogens is 2. The maximum absolute atomic E-state index is 11.3. The van der Waals surface area contributed by atoms with Gasteiger partial charge in [-0.05, 0) is 24.3 Å². The van der Waals surface area contributed by atoms with Gasteiger partial charge in [-0.1, -0.05) is 35.3 Å². The smallest absolute Gasteiger partial charge is 0.237 e. The number of hydrogen-bond acceptors (Lipinski definition) is 1. The van der Waals surface area contributed by atoms with Crippen LogP contribution in [0.15, 0.2) is 36.4 Å². The van der Waals surface area contributed by atoms with E-state index in [9.17, 15) is 4.79 Å². The van der Waals surface area contributed by atoms with Crippen molar-refractivity contribution in [1.29, 1.82) is 0 Å². The molecule has 3 aromatic rings. The molecule has 0 atom stereocenters. The van der Waals surface area contributed by atoms with Gasteiger partial charge in [0.1, 0.15) is 6.54 Å². The highest BCUT2D eigenvalue weighted by Crippen LogP contribution is 2.32. The van der Waals surface area contributed by atoms with Gasteiger partial charge in [0.25, 0.3) is 0 Å². The van der Waals surface area contributed by atoms with E-state index in [1.54, 1.807) is 0 Å². The number of rotatable bonds is 2. The molecule has 2 N–H and O–H groups in total. The van der Waals surface area contributed by atoms with Gasteiger partial charge >= 0.3 is 0 Å². The molecule has 0 saturated carbocycles. The summed E-state index contributed by atoms with van der Waals surface area (Å²) in [4.78, 5) is 11.3. The number of benzene rings is 2. The molecule has 2 aromatic carbocycles. The number of primary amides is 1. The van der Waals surface area contributed by atoms with E-state index in [0.29, 0.717) is 10.0 Å². The minimum atomic E-state index is -0.404. The van der Waals surface area contributed by atoms with Crippen LogP contribution in [-0.4, -0.2) is 10.5 Å². The highest BCUT2D eigenvalue weighted by atomic mass is 35.5. The number of carbonyl (C=O) groups excluding carboxylic acids is 1. The van der Waals surface area contributed by atoms with E-state index in [0.717, 1.165) is 21.8 Å². The van der Waals surface area contributed by atoms with Crippen molar-refractivity contribution >= 4 is 50.9 Å². The van der Waals surface area contributed by atoms with E-state index in [-0.39, 0.29) is 6.54 Å². The van der Waals surface area contributed by atoms with Crippen LogP contribution in [0.5, 0.6) is 0 Å². The van der Waals surface area contributed by atoms with E-state index in [1.807, 2.05) is 41.0 Å². The molecule has 0 unspecified atom stereocenters. The van der Waals surface area contributed by atoms with Crippen LogP contribution in [0.3, 0.4) is 0 Å². The molecule has 0 aliphatic rings. The first kappa shape index (κ1) is 12.3. The molecule has 0 fully saturated rings. The van der Waals surface area contributed by atoms with E-state index < -0.39 is 5.91 Å². The number of hydrogen-bond donors (Lipinski definition) is 1. The first-order valence-electron chi connectivity index (χ1n) is 5.71. The normalized spacial score (nSPS) is 11.3. The van der Waals surface area contributed by atoms with Crippen molar-refractivity contribution in [2.24, 2.45) is 5.73 Å². The maximum Gasteiger partial charge on any atom is 0.237 e. The highest BCUT2D eigenvalue weighted by Gasteiger charge is 2.12. The summed E-state index contributed by atoms with van der Waals surface area (Å²) in [7, 11) is 0. The molecule has 1 heterocycles. The van der Waals surface area contributed by atoms with Gasteiger partial charge in [-0.3, -0.25) is 4.79 Å². The number of fused-ring (bicyclic) bond motifs is 3. The third-order valence-electron chi connectivity index (χ3n) is 3.11. The predicted molar refractivity (Wildman–Crippen MR) is 78.7 cm³/mol. The Kier molecular flexibility index (Phi) is 2.88. The third kappa shape index (κ3) is 2.05. The van der Waals surface area contributed by atoms with Gasteiger partial charge in [0.2, 0.25) is 5.91 Å². The van der Waals surface area contributed by atoms with Crippen molar-refractivity contribution in [2.45, 2.75) is 6.54 Å². The first-order chi connectivity index (χ1) is 9.06. The van der Waals surface area contributed by atoms with Crippen LogP contribution in [-0.2, 0) is 11.3 Å². The van der Waals surface area contributed by atoms with Gasteiger partial charge in [-0.15, -0.1) is 0 Å². The number of nitrogens with two attached hydrogens (primary N) is 1. The third-order valence-corrected chi connectivity index (χ3v) is 3.58. The number of nitrogens with zero attached hydrogens (tertiary/aromatic N) is 1. The van der Waals surface area contributed by atoms with Crippen LogP contribution in [0.1, 0.15) is 0 Å². The van der Waals surface area contributed by atoms with Crippen molar-refractivity contribution in [3.05, 3.63) is 46.4 Å². The standard InChI is InChI=1S/C14H10Cl2N2O/c15-8-1-3-10-11-4-2-9(16)6-13(11)18(7-14(17)19)12(10)5-8/h1-6H,7H2,(H2,17,19). The lowest BCUT2D eigenvalue weighted by molar-refractivity contribution is -0.118. The zero-order valence-electron chi connectivity index (χ0n) is 9.86. The number of aromatic nitrogens is 1. The molecule has 0 radical (unpaired) electrons. The second-order valence-corrected chi connectivity index (χ2v) is 5.25. The summed E-state index contributed by atoms with van der Waals surface area (Å²) in [6.07, 6.45) is 0. The molecule has 3 rings (SSSR count). The topological polar surface area (TPSA) is 48.0 Å². The molecule has 0 spiro atoms. The largest absolute Gasteiger partial charge is 0.368 e. The molecular weight excluding hydrogens is 283 g/mol. The Hall–Kier alpha value is -1.71. The van der Waals surface area contributed by atoms with E-state index in [2.05, 4.69) is 0 Å². The molecule has 96 valence electrons. The molecule has 1 aromatic heterocycles. The minimum Gasteiger partial charge on any atom is -0.368 e. The first-order valence-corrected chi connectivity index (χ1v) is 6.47. The van der Waals surface area contributed by atoms with Crippen LogP contribution in [0.4, 0.5) is 0 Å². The minimum absolute atomic E-state index is 0.0979. The van der Waals surface area contributed by atoms with Crippen LogP contribution in [0, 0.1) is 0 Å². The Bertz CT molecular complexity index is 749. The zero-order valence-corrected chi connectivity index (χ0v) is 11.4. The second-order valence-electron chi connectivity index (χ2n) is 4.38. The molecule has 0 aliphatic carbocycles. The monoisotopic (exact) mass is 292 g/mol. The van der Waals surface area contributed by atoms with Crippen molar-refractivity contribution in [3.8, 4) is 0 Å². The van der Waals surface area contributed by atoms with Gasteiger partial charge in [0, 0.05) is 20.8 Å². The van der Waals surface area contributed by atoms with Crippen LogP contribution in [0.2, 0.25) is 10.0 Å². The summed E-state index contributed by atoms with van der Waals surface area (Å²) in [5, 5.41) is 3.29. The average molecular weight is 293 g/mol. The average Bonchev–Trinajstić information content (AvgIpc) is 2.62. The molecule has 0 aliphatic heterocycles. The summed E-state index contributed by atoms with van der Waals surface area (Å²) >= 11 is 12.1. The predicted octanol–water partition coefficient (Wildman–Crippen LogP) is 3.59. The van der Waals surface area contributed by atoms with Crippen LogP contribution < -0.4 is 5.73 Å². The fourth-order valence-corrected chi connectivity index (χ4v) is 2.70. The Morgan fingerprint density at radius 2 is 1.47 bits per heavy atom. The van der Waals surface area contributed by atoms with Crippen molar-refractivity contribution < 1.29 is 4.79 Å². The lowest BCUT2D eigenvalue weighted by Gasteiger charge is -2.04. The van der Waals surface area contributed by atoms with Gasteiger partial charge < -0.3 is 10.3 Å². The highest BCUT2D eigenvalue weighted by molar-refractivity contribution is 6.32. The van der Waals surface area contributed by atoms with Gasteiger partial charge in [0.05, 0.1) is 11.0 Å². The molecule has 3 nitrogen and oxygen atoms in total. The van der Waals surface area contributed by atoms with Crippen molar-refractivity contribution in [1.82, 2.24) is 4.57 Å². The molecule has 0 saturated heterocycles. The van der Waals surface area contributed by atoms with Gasteiger partial charge in [0.15, 0.2) is 0 Å². The summed E-state index contributed by atoms with van der Waals surface area (Å²) in [5.74, 6) is -0.404. The Labute approximate surface area is 119 Å². The molecule has 0 bridgehead atoms. The van der Waals surface area contributed by atoms with E-state index >= 15 is 0 Å². The molecule has 5 heteroatoms. The van der Waals surface area contributed by atoms with Crippen molar-refractivity contribution in [2.75, 3.05) is 0 Å². The summed E-state index contributed by atoms with van der Waals surface area (Å²) < 4.78 is 1.84. The number of carbonyl (C=O) groups is 1. The van der Waals surface area contributed by atoms with E-state index in [1.165, 1.54) is 0 Å². The lowest BCUT2D eigenvalue weighted by Crippen LogP contribution is -2.18. The van der Waals surface area contributed by atoms with E-state index in [4.69, 9.17) is 28.9 Å². The molecule has 19 heavy (non-hydrogen) atoms. The zero-order chi connectivity index (χ0) is 13.6. The molecular formula is C14H10Cl2N2O. The van der Waals surface area contributed by atoms with Gasteiger partial charge in [-0.2, -0.15) is 0 Å². The quantitative estimate of drug-likeness (QED) is 0.771. The fourth-order valence-electron chi connectivity index (χ4n) is 2.37. The maximum atomic E-state index is 11.3. The number of amides is 1. The summed E-state index contributed by atoms with van der Waals surface area (Å²) in [6, 6.07) is 11.2. The summed E-state index contributed by atoms with van der Waals surface area (Å²) in [5.41, 5.74) is 7.07. The van der Waals surface area contributed by atoms with Crippen LogP contribution in [0.25, 0.3) is 21.8 Å². The Morgan fingerprint density at radius 1 is 1.00 bits per heavy atom. The Morgan fingerprint density at radius 3 is 1.89 bits per heavy atom. The summed E-state index contributed by atoms with van der Waals surface area (Å²) in [6.45, 7) is 0.0979. The van der Waals surface area contributed by atoms with Gasteiger partial charge in [-0.25, -0.2) is 0 Å². The fraction of sp³-hybridized carbons (Fsp3) is 0.0714.